The van der Waals surface area contributed by atoms with Crippen LogP contribution in [-0.2, 0) is 4.79 Å². The Balaban J connectivity index is 2.14. The molecule has 1 saturated heterocycles. The van der Waals surface area contributed by atoms with Crippen molar-refractivity contribution in [2.75, 3.05) is 12.3 Å². The van der Waals surface area contributed by atoms with Gasteiger partial charge in [-0.1, -0.05) is 12.1 Å². The summed E-state index contributed by atoms with van der Waals surface area (Å²) in [5.41, 5.74) is 1.03. The maximum absolute atomic E-state index is 12.7. The highest BCUT2D eigenvalue weighted by Crippen LogP contribution is 2.32. The summed E-state index contributed by atoms with van der Waals surface area (Å²) in [6.07, 6.45) is 0.482. The molecule has 80 valence electrons. The largest absolute Gasteiger partial charge is 0.355 e. The van der Waals surface area contributed by atoms with Gasteiger partial charge in [-0.25, -0.2) is 4.39 Å². The monoisotopic (exact) mass is 225 g/mol. The minimum Gasteiger partial charge on any atom is -0.355 e. The SMILES string of the molecule is O=C1C[C@@H](c2ccc(F)cc2)SCCN1. The number of carbonyl (C=O) groups is 1. The second kappa shape index (κ2) is 4.66. The van der Waals surface area contributed by atoms with Crippen LogP contribution in [0.2, 0.25) is 0 Å². The second-order valence-electron chi connectivity index (χ2n) is 3.47. The van der Waals surface area contributed by atoms with E-state index >= 15 is 0 Å². The molecule has 1 atom stereocenters. The Morgan fingerprint density at radius 1 is 1.33 bits per heavy atom. The van der Waals surface area contributed by atoms with Crippen LogP contribution in [0.15, 0.2) is 24.3 Å². The highest BCUT2D eigenvalue weighted by atomic mass is 32.2. The fourth-order valence-electron chi connectivity index (χ4n) is 1.58. The molecule has 4 heteroatoms. The summed E-state index contributed by atoms with van der Waals surface area (Å²) in [5.74, 6) is 0.754. The molecule has 0 bridgehead atoms. The lowest BCUT2D eigenvalue weighted by molar-refractivity contribution is -0.120. The summed E-state index contributed by atoms with van der Waals surface area (Å²) in [5, 5.41) is 2.98. The van der Waals surface area contributed by atoms with E-state index < -0.39 is 0 Å². The highest BCUT2D eigenvalue weighted by molar-refractivity contribution is 7.99. The van der Waals surface area contributed by atoms with E-state index in [1.165, 1.54) is 12.1 Å². The van der Waals surface area contributed by atoms with Crippen molar-refractivity contribution in [2.24, 2.45) is 0 Å². The standard InChI is InChI=1S/C11H12FNOS/c12-9-3-1-8(2-4-9)10-7-11(14)13-5-6-15-10/h1-4,10H,5-7H2,(H,13,14)/t10-/m0/s1. The Hall–Kier alpha value is -1.03. The highest BCUT2D eigenvalue weighted by Gasteiger charge is 2.19. The smallest absolute Gasteiger partial charge is 0.221 e. The average molecular weight is 225 g/mol. The summed E-state index contributed by atoms with van der Waals surface area (Å²) in [4.78, 5) is 11.3. The van der Waals surface area contributed by atoms with E-state index in [4.69, 9.17) is 0 Å². The Kier molecular flexibility index (Phi) is 3.26. The molecule has 0 radical (unpaired) electrons. The molecule has 1 fully saturated rings. The Bertz CT molecular complexity index is 352. The van der Waals surface area contributed by atoms with Crippen molar-refractivity contribution >= 4 is 17.7 Å². The van der Waals surface area contributed by atoms with Crippen molar-refractivity contribution in [1.29, 1.82) is 0 Å². The molecule has 1 amide bonds. The lowest BCUT2D eigenvalue weighted by Gasteiger charge is -2.12. The summed E-state index contributed by atoms with van der Waals surface area (Å²) in [6.45, 7) is 0.723. The number of nitrogens with one attached hydrogen (secondary N) is 1. The molecule has 2 nitrogen and oxygen atoms in total. The predicted octanol–water partition coefficient (Wildman–Crippen LogP) is 2.12. The van der Waals surface area contributed by atoms with Crippen molar-refractivity contribution < 1.29 is 9.18 Å². The fourth-order valence-corrected chi connectivity index (χ4v) is 2.71. The zero-order valence-corrected chi connectivity index (χ0v) is 9.02. The molecule has 1 aliphatic rings. The van der Waals surface area contributed by atoms with Crippen molar-refractivity contribution in [2.45, 2.75) is 11.7 Å². The molecule has 1 heterocycles. The maximum atomic E-state index is 12.7. The van der Waals surface area contributed by atoms with Crippen LogP contribution < -0.4 is 5.32 Å². The van der Waals surface area contributed by atoms with Gasteiger partial charge in [-0.15, -0.1) is 0 Å². The van der Waals surface area contributed by atoms with Gasteiger partial charge in [0.25, 0.3) is 0 Å². The van der Waals surface area contributed by atoms with Gasteiger partial charge < -0.3 is 5.32 Å². The number of hydrogen-bond donors (Lipinski definition) is 1. The molecule has 1 aromatic carbocycles. The van der Waals surface area contributed by atoms with Crippen molar-refractivity contribution in [3.8, 4) is 0 Å². The van der Waals surface area contributed by atoms with E-state index in [1.807, 2.05) is 0 Å². The maximum Gasteiger partial charge on any atom is 0.221 e. The molecule has 0 spiro atoms. The van der Waals surface area contributed by atoms with E-state index in [0.717, 1.165) is 17.9 Å². The summed E-state index contributed by atoms with van der Waals surface area (Å²) in [6, 6.07) is 6.40. The number of thioether (sulfide) groups is 1. The molecule has 0 aromatic heterocycles. The number of hydrogen-bond acceptors (Lipinski definition) is 2. The van der Waals surface area contributed by atoms with Crippen LogP contribution in [0, 0.1) is 5.82 Å². The minimum atomic E-state index is -0.234. The van der Waals surface area contributed by atoms with E-state index in [9.17, 15) is 9.18 Å². The summed E-state index contributed by atoms with van der Waals surface area (Å²) < 4.78 is 12.7. The van der Waals surface area contributed by atoms with Gasteiger partial charge in [0.2, 0.25) is 5.91 Å². The Morgan fingerprint density at radius 2 is 2.07 bits per heavy atom. The number of rotatable bonds is 1. The van der Waals surface area contributed by atoms with Gasteiger partial charge in [-0.2, -0.15) is 11.8 Å². The van der Waals surface area contributed by atoms with E-state index in [-0.39, 0.29) is 17.0 Å². The van der Waals surface area contributed by atoms with E-state index in [2.05, 4.69) is 5.32 Å². The van der Waals surface area contributed by atoms with Crippen LogP contribution in [0.25, 0.3) is 0 Å². The lowest BCUT2D eigenvalue weighted by atomic mass is 10.1. The average Bonchev–Trinajstić information content (AvgIpc) is 2.44. The van der Waals surface area contributed by atoms with Crippen LogP contribution in [-0.4, -0.2) is 18.2 Å². The zero-order chi connectivity index (χ0) is 10.7. The van der Waals surface area contributed by atoms with Crippen LogP contribution in [0.4, 0.5) is 4.39 Å². The lowest BCUT2D eigenvalue weighted by Crippen LogP contribution is -2.23. The van der Waals surface area contributed by atoms with Gasteiger partial charge in [0.1, 0.15) is 5.82 Å². The molecular formula is C11H12FNOS. The molecule has 1 N–H and O–H groups in total. The third-order valence-electron chi connectivity index (χ3n) is 2.36. The molecule has 0 unspecified atom stereocenters. The number of benzene rings is 1. The Morgan fingerprint density at radius 3 is 2.80 bits per heavy atom. The molecular weight excluding hydrogens is 213 g/mol. The van der Waals surface area contributed by atoms with E-state index in [0.29, 0.717) is 6.42 Å². The van der Waals surface area contributed by atoms with Crippen LogP contribution in [0.5, 0.6) is 0 Å². The van der Waals surface area contributed by atoms with Crippen molar-refractivity contribution in [3.05, 3.63) is 35.6 Å². The normalized spacial score (nSPS) is 21.9. The summed E-state index contributed by atoms with van der Waals surface area (Å²) in [7, 11) is 0. The topological polar surface area (TPSA) is 29.1 Å². The molecule has 2 rings (SSSR count). The molecule has 15 heavy (non-hydrogen) atoms. The third kappa shape index (κ3) is 2.72. The van der Waals surface area contributed by atoms with Gasteiger partial charge in [-0.3, -0.25) is 4.79 Å². The molecule has 1 aromatic rings. The Labute approximate surface area is 92.3 Å². The minimum absolute atomic E-state index is 0.0781. The number of carbonyl (C=O) groups excluding carboxylic acids is 1. The van der Waals surface area contributed by atoms with Crippen LogP contribution in [0.3, 0.4) is 0 Å². The van der Waals surface area contributed by atoms with Crippen LogP contribution >= 0.6 is 11.8 Å². The number of halogens is 1. The molecule has 0 saturated carbocycles. The van der Waals surface area contributed by atoms with Gasteiger partial charge in [0.05, 0.1) is 0 Å². The first-order valence-corrected chi connectivity index (χ1v) is 5.94. The summed E-state index contributed by atoms with van der Waals surface area (Å²) >= 11 is 1.74. The van der Waals surface area contributed by atoms with Gasteiger partial charge in [-0.05, 0) is 17.7 Å². The first kappa shape index (κ1) is 10.5. The zero-order valence-electron chi connectivity index (χ0n) is 8.20. The van der Waals surface area contributed by atoms with Crippen molar-refractivity contribution in [1.82, 2.24) is 5.32 Å². The van der Waals surface area contributed by atoms with Gasteiger partial charge in [0.15, 0.2) is 0 Å². The quantitative estimate of drug-likeness (QED) is 0.793. The second-order valence-corrected chi connectivity index (χ2v) is 4.78. The molecule has 1 aliphatic heterocycles. The number of amides is 1. The third-order valence-corrected chi connectivity index (χ3v) is 3.64. The van der Waals surface area contributed by atoms with Crippen molar-refractivity contribution in [3.63, 3.8) is 0 Å². The van der Waals surface area contributed by atoms with Crippen LogP contribution in [0.1, 0.15) is 17.2 Å². The molecule has 0 aliphatic carbocycles. The van der Waals surface area contributed by atoms with Gasteiger partial charge in [0, 0.05) is 24.0 Å². The van der Waals surface area contributed by atoms with E-state index in [1.54, 1.807) is 23.9 Å². The van der Waals surface area contributed by atoms with Gasteiger partial charge >= 0.3 is 0 Å². The fraction of sp³-hybridized carbons (Fsp3) is 0.364. The first-order chi connectivity index (χ1) is 7.25. The predicted molar refractivity (Wildman–Crippen MR) is 59.2 cm³/mol. The first-order valence-electron chi connectivity index (χ1n) is 4.89.